The van der Waals surface area contributed by atoms with Gasteiger partial charge in [-0.15, -0.1) is 0 Å². The van der Waals surface area contributed by atoms with E-state index in [0.717, 1.165) is 12.8 Å². The molecular formula is C28H55NO7. The fraction of sp³-hybridized carbons (Fsp3) is 0.893. The molecule has 1 unspecified atom stereocenters. The van der Waals surface area contributed by atoms with Gasteiger partial charge in [-0.3, -0.25) is 4.79 Å². The first-order valence-corrected chi connectivity index (χ1v) is 14.3. The maximum atomic E-state index is 10.4. The number of carbonyl (C=O) groups is 1. The van der Waals surface area contributed by atoms with Gasteiger partial charge in [0, 0.05) is 6.42 Å². The van der Waals surface area contributed by atoms with E-state index in [1.54, 1.807) is 0 Å². The molecule has 1 aliphatic heterocycles. The molecule has 36 heavy (non-hydrogen) atoms. The van der Waals surface area contributed by atoms with Crippen LogP contribution in [0.25, 0.3) is 0 Å². The molecule has 0 radical (unpaired) electrons. The third-order valence-electron chi connectivity index (χ3n) is 6.60. The van der Waals surface area contributed by atoms with Gasteiger partial charge >= 0.3 is 5.97 Å². The smallest absolute Gasteiger partial charge is 0.303 e. The van der Waals surface area contributed by atoms with Crippen LogP contribution in [-0.4, -0.2) is 68.8 Å². The second-order valence-electron chi connectivity index (χ2n) is 9.95. The van der Waals surface area contributed by atoms with E-state index >= 15 is 0 Å². The Kier molecular flexibility index (Phi) is 23.6. The Labute approximate surface area is 218 Å². The Morgan fingerprint density at radius 1 is 0.750 bits per heavy atom. The normalized spacial score (nSPS) is 24.0. The van der Waals surface area contributed by atoms with Crippen molar-refractivity contribution in [2.75, 3.05) is 6.61 Å². The lowest BCUT2D eigenvalue weighted by molar-refractivity contribution is -0.248. The van der Waals surface area contributed by atoms with Gasteiger partial charge in [0.15, 0.2) is 6.29 Å². The Morgan fingerprint density at radius 3 is 1.64 bits per heavy atom. The molecule has 0 aromatic carbocycles. The molecule has 8 heteroatoms. The molecule has 8 nitrogen and oxygen atoms in total. The summed E-state index contributed by atoms with van der Waals surface area (Å²) in [5, 5.41) is 44.6. The zero-order valence-electron chi connectivity index (χ0n) is 22.6. The van der Waals surface area contributed by atoms with Crippen LogP contribution >= 0.6 is 0 Å². The number of unbranched alkanes of at least 4 members (excludes halogenated alkanes) is 15. The molecule has 0 amide bonds. The Morgan fingerprint density at radius 2 is 1.19 bits per heavy atom. The van der Waals surface area contributed by atoms with Gasteiger partial charge in [0.2, 0.25) is 0 Å². The first-order valence-electron chi connectivity index (χ1n) is 14.3. The number of hydrogen-bond acceptors (Lipinski definition) is 7. The summed E-state index contributed by atoms with van der Waals surface area (Å²) in [6, 6.07) is -1.04. The van der Waals surface area contributed by atoms with Crippen LogP contribution in [0.3, 0.4) is 0 Å². The van der Waals surface area contributed by atoms with Crippen LogP contribution in [0.2, 0.25) is 0 Å². The minimum absolute atomic E-state index is 0.340. The predicted molar refractivity (Wildman–Crippen MR) is 144 cm³/mol. The Balaban J connectivity index is 0.000000846. The minimum atomic E-state index is -1.35. The van der Waals surface area contributed by atoms with Gasteiger partial charge in [0.1, 0.15) is 18.3 Å². The highest BCUT2D eigenvalue weighted by Crippen LogP contribution is 2.17. The van der Waals surface area contributed by atoms with Gasteiger partial charge in [0.05, 0.1) is 12.6 Å². The number of aliphatic carboxylic acids is 1. The average Bonchev–Trinajstić information content (AvgIpc) is 2.86. The molecule has 1 heterocycles. The zero-order chi connectivity index (χ0) is 27.0. The molecule has 0 aliphatic carbocycles. The number of ether oxygens (including phenoxy) is 1. The second-order valence-corrected chi connectivity index (χ2v) is 9.95. The van der Waals surface area contributed by atoms with Crippen molar-refractivity contribution in [1.29, 1.82) is 0 Å². The lowest BCUT2D eigenvalue weighted by atomic mass is 9.98. The highest BCUT2D eigenvalue weighted by Gasteiger charge is 2.41. The minimum Gasteiger partial charge on any atom is -0.481 e. The van der Waals surface area contributed by atoms with Crippen LogP contribution in [0.5, 0.6) is 0 Å². The van der Waals surface area contributed by atoms with Crippen LogP contribution in [-0.2, 0) is 9.53 Å². The van der Waals surface area contributed by atoms with Crippen LogP contribution < -0.4 is 5.73 Å². The molecule has 1 fully saturated rings. The first-order chi connectivity index (χ1) is 17.3. The van der Waals surface area contributed by atoms with Crippen molar-refractivity contribution in [1.82, 2.24) is 0 Å². The molecule has 0 aromatic rings. The highest BCUT2D eigenvalue weighted by molar-refractivity contribution is 5.66. The van der Waals surface area contributed by atoms with Gasteiger partial charge in [-0.05, 0) is 32.1 Å². The van der Waals surface area contributed by atoms with Crippen molar-refractivity contribution in [2.45, 2.75) is 153 Å². The number of carboxylic acids is 1. The van der Waals surface area contributed by atoms with Gasteiger partial charge in [0.25, 0.3) is 0 Å². The number of allylic oxidation sites excluding steroid dienone is 2. The molecule has 5 atom stereocenters. The lowest BCUT2D eigenvalue weighted by Gasteiger charge is -2.38. The second kappa shape index (κ2) is 24.3. The third-order valence-corrected chi connectivity index (χ3v) is 6.60. The number of nitrogens with two attached hydrogens (primary N) is 1. The number of aliphatic hydroxyl groups is 4. The molecule has 0 saturated carbocycles. The van der Waals surface area contributed by atoms with Crippen molar-refractivity contribution in [3.63, 3.8) is 0 Å². The number of aliphatic hydroxyl groups excluding tert-OH is 4. The SMILES string of the molecule is CCCCCCCC/C=C\CCCCCCCCCCCC(=O)O.N[C@H]1C(O)O[C@H](CO)[C@@H](O)[C@@H]1O. The van der Waals surface area contributed by atoms with Crippen molar-refractivity contribution < 1.29 is 35.1 Å². The van der Waals surface area contributed by atoms with Crippen molar-refractivity contribution >= 4 is 5.97 Å². The Hall–Kier alpha value is -1.03. The largest absolute Gasteiger partial charge is 0.481 e. The van der Waals surface area contributed by atoms with E-state index in [9.17, 15) is 15.0 Å². The van der Waals surface area contributed by atoms with Crippen LogP contribution in [0.4, 0.5) is 0 Å². The topological polar surface area (TPSA) is 153 Å². The van der Waals surface area contributed by atoms with Crippen molar-refractivity contribution in [3.05, 3.63) is 12.2 Å². The van der Waals surface area contributed by atoms with Gasteiger partial charge < -0.3 is 36.0 Å². The van der Waals surface area contributed by atoms with E-state index in [2.05, 4.69) is 19.1 Å². The predicted octanol–water partition coefficient (Wildman–Crippen LogP) is 4.41. The summed E-state index contributed by atoms with van der Waals surface area (Å²) in [6.45, 7) is 1.80. The number of carboxylic acid groups (broad SMARTS) is 1. The van der Waals surface area contributed by atoms with Crippen LogP contribution in [0.15, 0.2) is 12.2 Å². The number of hydrogen-bond donors (Lipinski definition) is 6. The lowest BCUT2D eigenvalue weighted by Crippen LogP contribution is -2.61. The third kappa shape index (κ3) is 19.1. The molecule has 1 aliphatic rings. The van der Waals surface area contributed by atoms with Gasteiger partial charge in [-0.2, -0.15) is 0 Å². The van der Waals surface area contributed by atoms with E-state index < -0.39 is 43.2 Å². The summed E-state index contributed by atoms with van der Waals surface area (Å²) in [4.78, 5) is 10.4. The van der Waals surface area contributed by atoms with Crippen LogP contribution in [0, 0.1) is 0 Å². The molecule has 214 valence electrons. The number of rotatable bonds is 20. The van der Waals surface area contributed by atoms with Gasteiger partial charge in [-0.1, -0.05) is 96.1 Å². The molecule has 1 rings (SSSR count). The van der Waals surface area contributed by atoms with Gasteiger partial charge in [-0.25, -0.2) is 0 Å². The van der Waals surface area contributed by atoms with Crippen molar-refractivity contribution in [2.24, 2.45) is 5.73 Å². The summed E-state index contributed by atoms with van der Waals surface area (Å²) in [7, 11) is 0. The molecule has 0 spiro atoms. The molecule has 0 aromatic heterocycles. The first kappa shape index (κ1) is 35.0. The maximum Gasteiger partial charge on any atom is 0.303 e. The quantitative estimate of drug-likeness (QED) is 0.102. The highest BCUT2D eigenvalue weighted by atomic mass is 16.6. The van der Waals surface area contributed by atoms with E-state index in [4.69, 9.17) is 25.8 Å². The van der Waals surface area contributed by atoms with E-state index in [1.165, 1.54) is 96.3 Å². The summed E-state index contributed by atoms with van der Waals surface area (Å²) in [6.07, 6.45) is 22.3. The molecule has 7 N–H and O–H groups in total. The standard InChI is InChI=1S/C22H42O2.C6H13NO5/c1-2-3-4-5-6-7-8-9-10-11-12-13-14-15-16-17-18-19-20-21-22(23)24;7-3-5(10)4(9)2(1-8)12-6(3)11/h9-10H,2-8,11-21H2,1H3,(H,23,24);2-6,8-11H,1,7H2/b10-9-;/t;2-,3-,4-,5-,6?/m.1/s1. The van der Waals surface area contributed by atoms with E-state index in [-0.39, 0.29) is 0 Å². The molecular weight excluding hydrogens is 462 g/mol. The monoisotopic (exact) mass is 517 g/mol. The summed E-state index contributed by atoms with van der Waals surface area (Å²) >= 11 is 0. The summed E-state index contributed by atoms with van der Waals surface area (Å²) in [5.74, 6) is -0.656. The summed E-state index contributed by atoms with van der Waals surface area (Å²) in [5.41, 5.74) is 5.26. The summed E-state index contributed by atoms with van der Waals surface area (Å²) < 4.78 is 4.70. The molecule has 0 bridgehead atoms. The average molecular weight is 518 g/mol. The maximum absolute atomic E-state index is 10.4. The van der Waals surface area contributed by atoms with Crippen LogP contribution in [0.1, 0.15) is 122 Å². The molecule has 1 saturated heterocycles. The zero-order valence-corrected chi connectivity index (χ0v) is 22.6. The van der Waals surface area contributed by atoms with E-state index in [0.29, 0.717) is 6.42 Å². The van der Waals surface area contributed by atoms with E-state index in [1.807, 2.05) is 0 Å². The van der Waals surface area contributed by atoms with Crippen molar-refractivity contribution in [3.8, 4) is 0 Å². The fourth-order valence-electron chi connectivity index (χ4n) is 4.17. The Bertz CT molecular complexity index is 527. The fourth-order valence-corrected chi connectivity index (χ4v) is 4.17.